The summed E-state index contributed by atoms with van der Waals surface area (Å²) in [5, 5.41) is 3.65. The molecule has 0 saturated carbocycles. The second-order valence-electron chi connectivity index (χ2n) is 8.17. The molecule has 0 aliphatic carbocycles. The Balaban J connectivity index is 1.64. The molecule has 0 bridgehead atoms. The van der Waals surface area contributed by atoms with Gasteiger partial charge in [-0.15, -0.1) is 0 Å². The van der Waals surface area contributed by atoms with E-state index in [-0.39, 0.29) is 30.2 Å². The van der Waals surface area contributed by atoms with Crippen molar-refractivity contribution in [2.45, 2.75) is 45.4 Å². The first kappa shape index (κ1) is 22.8. The van der Waals surface area contributed by atoms with Gasteiger partial charge in [-0.1, -0.05) is 47.5 Å². The Morgan fingerprint density at radius 3 is 2.57 bits per heavy atom. The maximum atomic E-state index is 12.9. The molecule has 2 aromatic rings. The van der Waals surface area contributed by atoms with Gasteiger partial charge in [0.2, 0.25) is 15.9 Å². The van der Waals surface area contributed by atoms with E-state index in [2.05, 4.69) is 11.4 Å². The Hall–Kier alpha value is -1.89. The van der Waals surface area contributed by atoms with Gasteiger partial charge in [0.05, 0.1) is 17.7 Å². The van der Waals surface area contributed by atoms with Crippen LogP contribution in [-0.4, -0.2) is 31.7 Å². The molecule has 162 valence electrons. The maximum Gasteiger partial charge on any atom is 0.224 e. The molecule has 1 amide bonds. The van der Waals surface area contributed by atoms with E-state index >= 15 is 0 Å². The van der Waals surface area contributed by atoms with Crippen LogP contribution < -0.4 is 5.32 Å². The lowest BCUT2D eigenvalue weighted by Gasteiger charge is -2.32. The Bertz CT molecular complexity index is 1010. The van der Waals surface area contributed by atoms with Gasteiger partial charge in [0, 0.05) is 18.1 Å². The van der Waals surface area contributed by atoms with Crippen LogP contribution in [0.25, 0.3) is 0 Å². The summed E-state index contributed by atoms with van der Waals surface area (Å²) in [6.07, 6.45) is 1.37. The molecule has 0 spiro atoms. The van der Waals surface area contributed by atoms with Crippen LogP contribution in [-0.2, 0) is 20.6 Å². The summed E-state index contributed by atoms with van der Waals surface area (Å²) < 4.78 is 27.2. The molecule has 0 unspecified atom stereocenters. The van der Waals surface area contributed by atoms with Gasteiger partial charge in [-0.05, 0) is 62.4 Å². The molecular formula is C23H29ClN2O3S. The largest absolute Gasteiger partial charge is 0.349 e. The summed E-state index contributed by atoms with van der Waals surface area (Å²) in [6.45, 7) is 6.72. The first-order chi connectivity index (χ1) is 14.2. The Morgan fingerprint density at radius 2 is 1.90 bits per heavy atom. The van der Waals surface area contributed by atoms with Crippen LogP contribution in [0.1, 0.15) is 48.1 Å². The smallest absolute Gasteiger partial charge is 0.224 e. The average molecular weight is 449 g/mol. The highest BCUT2D eigenvalue weighted by molar-refractivity contribution is 7.88. The van der Waals surface area contributed by atoms with Crippen LogP contribution in [0.4, 0.5) is 0 Å². The van der Waals surface area contributed by atoms with E-state index in [1.807, 2.05) is 32.9 Å². The lowest BCUT2D eigenvalue weighted by molar-refractivity contribution is -0.126. The molecule has 1 heterocycles. The lowest BCUT2D eigenvalue weighted by atomic mass is 9.96. The summed E-state index contributed by atoms with van der Waals surface area (Å²) in [4.78, 5) is 12.9. The molecule has 1 fully saturated rings. The molecule has 1 aliphatic rings. The third kappa shape index (κ3) is 5.62. The van der Waals surface area contributed by atoms with Crippen LogP contribution >= 0.6 is 11.6 Å². The Labute approximate surface area is 184 Å². The van der Waals surface area contributed by atoms with E-state index in [1.165, 1.54) is 9.87 Å². The minimum Gasteiger partial charge on any atom is -0.349 e. The lowest BCUT2D eigenvalue weighted by Crippen LogP contribution is -2.46. The number of nitrogens with one attached hydrogen (secondary N) is 1. The average Bonchev–Trinajstić information content (AvgIpc) is 2.69. The van der Waals surface area contributed by atoms with E-state index in [4.69, 9.17) is 11.6 Å². The molecule has 0 aromatic heterocycles. The highest BCUT2D eigenvalue weighted by Crippen LogP contribution is 2.24. The van der Waals surface area contributed by atoms with Crippen molar-refractivity contribution in [1.82, 2.24) is 9.62 Å². The summed E-state index contributed by atoms with van der Waals surface area (Å²) >= 11 is 5.88. The summed E-state index contributed by atoms with van der Waals surface area (Å²) in [5.74, 6) is -0.516. The van der Waals surface area contributed by atoms with Gasteiger partial charge in [0.15, 0.2) is 0 Å². The van der Waals surface area contributed by atoms with Crippen molar-refractivity contribution in [2.24, 2.45) is 5.92 Å². The number of sulfonamides is 1. The van der Waals surface area contributed by atoms with E-state index in [0.717, 1.165) is 11.1 Å². The van der Waals surface area contributed by atoms with E-state index in [1.54, 1.807) is 24.3 Å². The Kier molecular flexibility index (Phi) is 7.22. The fourth-order valence-corrected chi connectivity index (χ4v) is 5.75. The van der Waals surface area contributed by atoms with Crippen molar-refractivity contribution in [2.75, 3.05) is 13.1 Å². The third-order valence-electron chi connectivity index (χ3n) is 5.66. The van der Waals surface area contributed by atoms with Crippen molar-refractivity contribution in [3.8, 4) is 0 Å². The number of amides is 1. The molecule has 1 aliphatic heterocycles. The molecule has 5 nitrogen and oxygen atoms in total. The molecule has 2 aromatic carbocycles. The molecule has 3 rings (SSSR count). The number of hydrogen-bond donors (Lipinski definition) is 1. The van der Waals surface area contributed by atoms with Gasteiger partial charge in [-0.3, -0.25) is 4.79 Å². The zero-order valence-corrected chi connectivity index (χ0v) is 19.3. The van der Waals surface area contributed by atoms with Gasteiger partial charge in [-0.2, -0.15) is 0 Å². The number of aryl methyl sites for hydroxylation is 2. The molecule has 2 atom stereocenters. The van der Waals surface area contributed by atoms with Crippen LogP contribution in [0.2, 0.25) is 5.02 Å². The monoisotopic (exact) mass is 448 g/mol. The molecule has 30 heavy (non-hydrogen) atoms. The van der Waals surface area contributed by atoms with Crippen LogP contribution in [0, 0.1) is 19.8 Å². The SMILES string of the molecule is Cc1ccc([C@H](C)NC(=O)[C@H]2CCCN(S(=O)(=O)Cc3ccc(Cl)cc3)C2)c(C)c1. The number of nitrogens with zero attached hydrogens (tertiary/aromatic N) is 1. The van der Waals surface area contributed by atoms with E-state index in [0.29, 0.717) is 30.0 Å². The van der Waals surface area contributed by atoms with Gasteiger partial charge in [0.1, 0.15) is 0 Å². The number of carbonyl (C=O) groups is 1. The first-order valence-corrected chi connectivity index (χ1v) is 12.2. The Morgan fingerprint density at radius 1 is 1.20 bits per heavy atom. The molecule has 1 N–H and O–H groups in total. The van der Waals surface area contributed by atoms with E-state index < -0.39 is 10.0 Å². The molecule has 7 heteroatoms. The summed E-state index contributed by atoms with van der Waals surface area (Å²) in [7, 11) is -3.50. The predicted molar refractivity (Wildman–Crippen MR) is 121 cm³/mol. The highest BCUT2D eigenvalue weighted by atomic mass is 35.5. The van der Waals surface area contributed by atoms with Gasteiger partial charge in [-0.25, -0.2) is 12.7 Å². The highest BCUT2D eigenvalue weighted by Gasteiger charge is 2.33. The van der Waals surface area contributed by atoms with Gasteiger partial charge < -0.3 is 5.32 Å². The van der Waals surface area contributed by atoms with Crippen molar-refractivity contribution in [3.63, 3.8) is 0 Å². The summed E-state index contributed by atoms with van der Waals surface area (Å²) in [6, 6.07) is 12.9. The zero-order valence-electron chi connectivity index (χ0n) is 17.7. The fraction of sp³-hybridized carbons (Fsp3) is 0.435. The minimum absolute atomic E-state index is 0.0858. The topological polar surface area (TPSA) is 66.5 Å². The number of benzene rings is 2. The van der Waals surface area contributed by atoms with Crippen LogP contribution in [0.15, 0.2) is 42.5 Å². The number of hydrogen-bond acceptors (Lipinski definition) is 3. The fourth-order valence-electron chi connectivity index (χ4n) is 4.01. The van der Waals surface area contributed by atoms with E-state index in [9.17, 15) is 13.2 Å². The second-order valence-corrected chi connectivity index (χ2v) is 10.6. The zero-order chi connectivity index (χ0) is 21.9. The van der Waals surface area contributed by atoms with Gasteiger partial charge in [0.25, 0.3) is 0 Å². The van der Waals surface area contributed by atoms with Crippen molar-refractivity contribution in [3.05, 3.63) is 69.7 Å². The molecule has 1 saturated heterocycles. The quantitative estimate of drug-likeness (QED) is 0.713. The molecular weight excluding hydrogens is 420 g/mol. The number of halogens is 1. The van der Waals surface area contributed by atoms with Crippen LogP contribution in [0.5, 0.6) is 0 Å². The standard InChI is InChI=1S/C23H29ClN2O3S/c1-16-6-11-22(17(2)13-16)18(3)25-23(27)20-5-4-12-26(14-20)30(28,29)15-19-7-9-21(24)10-8-19/h6-11,13,18,20H,4-5,12,14-15H2,1-3H3,(H,25,27)/t18-,20-/m0/s1. The number of carbonyl (C=O) groups excluding carboxylic acids is 1. The van der Waals surface area contributed by atoms with Crippen LogP contribution in [0.3, 0.4) is 0 Å². The summed E-state index contributed by atoms with van der Waals surface area (Å²) in [5.41, 5.74) is 4.09. The maximum absolute atomic E-state index is 12.9. The van der Waals surface area contributed by atoms with Gasteiger partial charge >= 0.3 is 0 Å². The predicted octanol–water partition coefficient (Wildman–Crippen LogP) is 4.38. The number of piperidine rings is 1. The third-order valence-corrected chi connectivity index (χ3v) is 7.73. The van der Waals surface area contributed by atoms with Crippen molar-refractivity contribution >= 4 is 27.5 Å². The number of rotatable bonds is 6. The second kappa shape index (κ2) is 9.50. The van der Waals surface area contributed by atoms with Crippen molar-refractivity contribution < 1.29 is 13.2 Å². The van der Waals surface area contributed by atoms with Crippen molar-refractivity contribution in [1.29, 1.82) is 0 Å². The molecule has 0 radical (unpaired) electrons. The normalized spacial score (nSPS) is 18.7. The first-order valence-electron chi connectivity index (χ1n) is 10.3. The minimum atomic E-state index is -3.50.